The second-order valence-corrected chi connectivity index (χ2v) is 5.96. The molecular formula is C13H8ClF3O4S. The predicted octanol–water partition coefficient (Wildman–Crippen LogP) is 4.40. The summed E-state index contributed by atoms with van der Waals surface area (Å²) in [5.41, 5.74) is -0.965. The summed E-state index contributed by atoms with van der Waals surface area (Å²) in [6.45, 7) is 0. The smallest absolute Gasteiger partial charge is 0.416 e. The van der Waals surface area contributed by atoms with Gasteiger partial charge in [-0.15, -0.1) is 0 Å². The van der Waals surface area contributed by atoms with E-state index in [0.717, 1.165) is 18.2 Å². The molecule has 0 atom stereocenters. The minimum absolute atomic E-state index is 0.175. The first-order valence-corrected chi connectivity index (χ1v) is 7.52. The van der Waals surface area contributed by atoms with Crippen molar-refractivity contribution in [3.05, 3.63) is 53.1 Å². The van der Waals surface area contributed by atoms with E-state index in [1.54, 1.807) is 0 Å². The molecule has 0 aromatic heterocycles. The zero-order valence-electron chi connectivity index (χ0n) is 10.6. The fourth-order valence-corrected chi connectivity index (χ4v) is 2.46. The van der Waals surface area contributed by atoms with Crippen LogP contribution < -0.4 is 4.74 Å². The van der Waals surface area contributed by atoms with Gasteiger partial charge >= 0.3 is 6.18 Å². The molecule has 0 aliphatic carbocycles. The highest BCUT2D eigenvalue weighted by molar-refractivity contribution is 7.86. The zero-order chi connectivity index (χ0) is 16.5. The Bertz CT molecular complexity index is 803. The van der Waals surface area contributed by atoms with Crippen LogP contribution in [0.4, 0.5) is 13.2 Å². The van der Waals surface area contributed by atoms with E-state index in [2.05, 4.69) is 0 Å². The Morgan fingerprint density at radius 2 is 1.68 bits per heavy atom. The highest BCUT2D eigenvalue weighted by atomic mass is 35.5. The number of halogens is 4. The summed E-state index contributed by atoms with van der Waals surface area (Å²) in [7, 11) is -4.55. The molecule has 0 saturated carbocycles. The lowest BCUT2D eigenvalue weighted by Crippen LogP contribution is -2.05. The minimum atomic E-state index is -4.56. The van der Waals surface area contributed by atoms with Gasteiger partial charge in [-0.1, -0.05) is 23.7 Å². The van der Waals surface area contributed by atoms with Crippen LogP contribution >= 0.6 is 11.6 Å². The third-order valence-corrected chi connectivity index (χ3v) is 3.79. The second-order valence-electron chi connectivity index (χ2n) is 4.17. The average Bonchev–Trinajstić information content (AvgIpc) is 2.39. The second kappa shape index (κ2) is 5.79. The zero-order valence-corrected chi connectivity index (χ0v) is 12.2. The Balaban J connectivity index is 2.41. The molecule has 0 spiro atoms. The molecule has 0 aliphatic rings. The number of para-hydroxylation sites is 1. The third kappa shape index (κ3) is 3.70. The molecule has 0 bridgehead atoms. The van der Waals surface area contributed by atoms with Gasteiger partial charge in [0.2, 0.25) is 0 Å². The van der Waals surface area contributed by atoms with Crippen molar-refractivity contribution in [3.63, 3.8) is 0 Å². The molecule has 0 unspecified atom stereocenters. The largest absolute Gasteiger partial charge is 0.454 e. The van der Waals surface area contributed by atoms with Crippen LogP contribution in [-0.4, -0.2) is 13.0 Å². The van der Waals surface area contributed by atoms with E-state index in [1.807, 2.05) is 0 Å². The van der Waals surface area contributed by atoms with Crippen LogP contribution in [0.15, 0.2) is 47.4 Å². The molecule has 0 saturated heterocycles. The number of benzene rings is 2. The van der Waals surface area contributed by atoms with E-state index in [1.165, 1.54) is 18.2 Å². The molecule has 0 heterocycles. The summed E-state index contributed by atoms with van der Waals surface area (Å²) in [4.78, 5) is -0.522. The Morgan fingerprint density at radius 3 is 2.23 bits per heavy atom. The molecule has 0 aliphatic heterocycles. The number of alkyl halides is 3. The molecule has 4 nitrogen and oxygen atoms in total. The van der Waals surface area contributed by atoms with Gasteiger partial charge in [-0.2, -0.15) is 21.6 Å². The van der Waals surface area contributed by atoms with Crippen molar-refractivity contribution >= 4 is 21.7 Å². The Morgan fingerprint density at radius 1 is 1.05 bits per heavy atom. The fourth-order valence-electron chi connectivity index (χ4n) is 1.63. The van der Waals surface area contributed by atoms with Crippen molar-refractivity contribution in [1.82, 2.24) is 0 Å². The summed E-state index contributed by atoms with van der Waals surface area (Å²) in [5, 5.41) is -0.347. The van der Waals surface area contributed by atoms with Crippen molar-refractivity contribution in [2.75, 3.05) is 0 Å². The molecule has 0 amide bonds. The van der Waals surface area contributed by atoms with Crippen LogP contribution in [0.1, 0.15) is 5.56 Å². The maximum Gasteiger partial charge on any atom is 0.416 e. The molecule has 118 valence electrons. The highest BCUT2D eigenvalue weighted by Gasteiger charge is 2.31. The molecule has 2 rings (SSSR count). The fraction of sp³-hybridized carbons (Fsp3) is 0.0769. The number of ether oxygens (including phenoxy) is 1. The molecule has 2 aromatic rings. The van der Waals surface area contributed by atoms with E-state index in [4.69, 9.17) is 20.9 Å². The maximum atomic E-state index is 12.5. The first kappa shape index (κ1) is 16.6. The quantitative estimate of drug-likeness (QED) is 0.832. The van der Waals surface area contributed by atoms with Gasteiger partial charge in [0.05, 0.1) is 10.6 Å². The monoisotopic (exact) mass is 352 g/mol. The van der Waals surface area contributed by atoms with Gasteiger partial charge in [-0.3, -0.25) is 4.55 Å². The van der Waals surface area contributed by atoms with Crippen molar-refractivity contribution in [3.8, 4) is 11.5 Å². The van der Waals surface area contributed by atoms with Crippen LogP contribution in [0, 0.1) is 0 Å². The standard InChI is InChI=1S/C13H8ClF3O4S/c14-9-7-8(13(15,16)17)5-6-10(9)21-11-3-1-2-4-12(11)22(18,19)20/h1-7H,(H,18,19,20). The van der Waals surface area contributed by atoms with Crippen molar-refractivity contribution < 1.29 is 30.9 Å². The maximum absolute atomic E-state index is 12.5. The normalized spacial score (nSPS) is 12.2. The average molecular weight is 353 g/mol. The van der Waals surface area contributed by atoms with Crippen LogP contribution in [-0.2, 0) is 16.3 Å². The summed E-state index contributed by atoms with van der Waals surface area (Å²) >= 11 is 5.72. The van der Waals surface area contributed by atoms with E-state index in [9.17, 15) is 21.6 Å². The summed E-state index contributed by atoms with van der Waals surface area (Å²) < 4.78 is 74.3. The summed E-state index contributed by atoms with van der Waals surface area (Å²) in [6.07, 6.45) is -4.56. The van der Waals surface area contributed by atoms with E-state index in [-0.39, 0.29) is 16.5 Å². The number of hydrogen-bond acceptors (Lipinski definition) is 3. The molecule has 0 fully saturated rings. The lowest BCUT2D eigenvalue weighted by atomic mass is 10.2. The lowest BCUT2D eigenvalue weighted by Gasteiger charge is -2.12. The Hall–Kier alpha value is -1.77. The van der Waals surface area contributed by atoms with Gasteiger partial charge in [0, 0.05) is 0 Å². The lowest BCUT2D eigenvalue weighted by molar-refractivity contribution is -0.137. The SMILES string of the molecule is O=S(=O)(O)c1ccccc1Oc1ccc(C(F)(F)F)cc1Cl. The number of hydrogen-bond donors (Lipinski definition) is 1. The summed E-state index contributed by atoms with van der Waals surface area (Å²) in [5.74, 6) is -0.433. The van der Waals surface area contributed by atoms with Crippen LogP contribution in [0.2, 0.25) is 5.02 Å². The van der Waals surface area contributed by atoms with Crippen LogP contribution in [0.5, 0.6) is 11.5 Å². The molecule has 9 heteroatoms. The molecule has 1 N–H and O–H groups in total. The topological polar surface area (TPSA) is 63.6 Å². The molecule has 0 radical (unpaired) electrons. The van der Waals surface area contributed by atoms with Crippen molar-refractivity contribution in [2.45, 2.75) is 11.1 Å². The van der Waals surface area contributed by atoms with Gasteiger partial charge < -0.3 is 4.74 Å². The van der Waals surface area contributed by atoms with Crippen molar-refractivity contribution in [1.29, 1.82) is 0 Å². The first-order valence-electron chi connectivity index (χ1n) is 5.70. The van der Waals surface area contributed by atoms with Crippen LogP contribution in [0.25, 0.3) is 0 Å². The van der Waals surface area contributed by atoms with E-state index in [0.29, 0.717) is 6.07 Å². The van der Waals surface area contributed by atoms with E-state index < -0.39 is 26.8 Å². The van der Waals surface area contributed by atoms with Crippen molar-refractivity contribution in [2.24, 2.45) is 0 Å². The Kier molecular flexibility index (Phi) is 4.37. The predicted molar refractivity (Wildman–Crippen MR) is 72.8 cm³/mol. The molecular weight excluding hydrogens is 345 g/mol. The van der Waals surface area contributed by atoms with Gasteiger partial charge in [-0.05, 0) is 30.3 Å². The summed E-state index contributed by atoms with van der Waals surface area (Å²) in [6, 6.07) is 7.47. The van der Waals surface area contributed by atoms with Gasteiger partial charge in [0.25, 0.3) is 10.1 Å². The van der Waals surface area contributed by atoms with E-state index >= 15 is 0 Å². The number of rotatable bonds is 3. The van der Waals surface area contributed by atoms with Crippen LogP contribution in [0.3, 0.4) is 0 Å². The molecule has 2 aromatic carbocycles. The first-order chi connectivity index (χ1) is 10.1. The Labute approximate surface area is 128 Å². The minimum Gasteiger partial charge on any atom is -0.454 e. The van der Waals surface area contributed by atoms with Gasteiger partial charge in [0.1, 0.15) is 16.4 Å². The van der Waals surface area contributed by atoms with Gasteiger partial charge in [0.15, 0.2) is 0 Å². The molecule has 22 heavy (non-hydrogen) atoms. The highest BCUT2D eigenvalue weighted by Crippen LogP contribution is 2.37. The third-order valence-electron chi connectivity index (χ3n) is 2.61. The van der Waals surface area contributed by atoms with Gasteiger partial charge in [-0.25, -0.2) is 0 Å².